The molecule has 0 spiro atoms. The van der Waals surface area contributed by atoms with Crippen LogP contribution in [-0.2, 0) is 6.42 Å². The van der Waals surface area contributed by atoms with Gasteiger partial charge < -0.3 is 4.74 Å². The first-order valence-corrected chi connectivity index (χ1v) is 4.37. The molecule has 0 saturated heterocycles. The molecule has 0 aliphatic heterocycles. The normalized spacial score (nSPS) is 9.83. The van der Waals surface area contributed by atoms with Gasteiger partial charge in [0.2, 0.25) is 0 Å². The Morgan fingerprint density at radius 2 is 2.08 bits per heavy atom. The topological polar surface area (TPSA) is 9.23 Å². The molecule has 0 aromatic heterocycles. The molecule has 1 aromatic carbocycles. The number of benzene rings is 1. The molecule has 0 aliphatic rings. The van der Waals surface area contributed by atoms with Crippen LogP contribution in [0, 0.1) is 6.42 Å². The van der Waals surface area contributed by atoms with Crippen molar-refractivity contribution < 1.29 is 4.74 Å². The lowest BCUT2D eigenvalue weighted by Gasteiger charge is -2.07. The van der Waals surface area contributed by atoms with Gasteiger partial charge in [0.1, 0.15) is 5.75 Å². The molecule has 1 aromatic rings. The minimum absolute atomic E-state index is 0.737. The Morgan fingerprint density at radius 3 is 2.75 bits per heavy atom. The average Bonchev–Trinajstić information content (AvgIpc) is 2.09. The van der Waals surface area contributed by atoms with Crippen molar-refractivity contribution in [2.45, 2.75) is 20.3 Å². The van der Waals surface area contributed by atoms with E-state index in [-0.39, 0.29) is 0 Å². The molecule has 65 valence electrons. The van der Waals surface area contributed by atoms with E-state index in [1.54, 1.807) is 0 Å². The second kappa shape index (κ2) is 4.81. The average molecular weight is 163 g/mol. The predicted octanol–water partition coefficient (Wildman–Crippen LogP) is 2.85. The van der Waals surface area contributed by atoms with Gasteiger partial charge >= 0.3 is 0 Å². The SMILES string of the molecule is C[CH]Cc1ccccc1OCC. The Balaban J connectivity index is 2.77. The molecular formula is C11H15O. The van der Waals surface area contributed by atoms with Crippen LogP contribution in [0.15, 0.2) is 24.3 Å². The second-order valence-electron chi connectivity index (χ2n) is 2.65. The Kier molecular flexibility index (Phi) is 3.65. The van der Waals surface area contributed by atoms with Crippen molar-refractivity contribution in [2.75, 3.05) is 6.61 Å². The summed E-state index contributed by atoms with van der Waals surface area (Å²) in [5.41, 5.74) is 1.27. The van der Waals surface area contributed by atoms with Crippen LogP contribution < -0.4 is 4.74 Å². The lowest BCUT2D eigenvalue weighted by atomic mass is 10.1. The van der Waals surface area contributed by atoms with Gasteiger partial charge in [0.25, 0.3) is 0 Å². The number of para-hydroxylation sites is 1. The number of hydrogen-bond acceptors (Lipinski definition) is 1. The molecule has 1 nitrogen and oxygen atoms in total. The largest absolute Gasteiger partial charge is 0.494 e. The highest BCUT2D eigenvalue weighted by Crippen LogP contribution is 2.18. The van der Waals surface area contributed by atoms with Crippen molar-refractivity contribution in [3.05, 3.63) is 36.2 Å². The Morgan fingerprint density at radius 1 is 1.33 bits per heavy atom. The molecule has 0 heterocycles. The Labute approximate surface area is 74.4 Å². The molecule has 0 fully saturated rings. The lowest BCUT2D eigenvalue weighted by Crippen LogP contribution is -1.95. The Hall–Kier alpha value is -0.980. The van der Waals surface area contributed by atoms with E-state index in [1.165, 1.54) is 5.56 Å². The Bertz CT molecular complexity index is 205. The highest BCUT2D eigenvalue weighted by Gasteiger charge is 1.99. The van der Waals surface area contributed by atoms with E-state index in [4.69, 9.17) is 4.74 Å². The minimum Gasteiger partial charge on any atom is -0.494 e. The fourth-order valence-corrected chi connectivity index (χ4v) is 1.19. The number of rotatable bonds is 4. The summed E-state index contributed by atoms with van der Waals surface area (Å²) in [6.45, 7) is 4.80. The fraction of sp³-hybridized carbons (Fsp3) is 0.364. The van der Waals surface area contributed by atoms with Gasteiger partial charge in [-0.05, 0) is 31.4 Å². The van der Waals surface area contributed by atoms with E-state index in [0.29, 0.717) is 0 Å². The van der Waals surface area contributed by atoms with Crippen molar-refractivity contribution in [2.24, 2.45) is 0 Å². The molecule has 0 aliphatic carbocycles. The monoisotopic (exact) mass is 163 g/mol. The van der Waals surface area contributed by atoms with E-state index >= 15 is 0 Å². The molecule has 12 heavy (non-hydrogen) atoms. The fourth-order valence-electron chi connectivity index (χ4n) is 1.19. The molecule has 0 saturated carbocycles. The molecule has 0 N–H and O–H groups in total. The van der Waals surface area contributed by atoms with Gasteiger partial charge in [-0.2, -0.15) is 0 Å². The van der Waals surface area contributed by atoms with Crippen LogP contribution in [0.2, 0.25) is 0 Å². The first-order valence-electron chi connectivity index (χ1n) is 4.37. The maximum atomic E-state index is 5.47. The smallest absolute Gasteiger partial charge is 0.122 e. The first kappa shape index (κ1) is 9.11. The van der Waals surface area contributed by atoms with Gasteiger partial charge in [0, 0.05) is 0 Å². The van der Waals surface area contributed by atoms with Crippen LogP contribution in [0.1, 0.15) is 19.4 Å². The van der Waals surface area contributed by atoms with Crippen LogP contribution in [0.5, 0.6) is 5.75 Å². The summed E-state index contributed by atoms with van der Waals surface area (Å²) < 4.78 is 5.47. The summed E-state index contributed by atoms with van der Waals surface area (Å²) >= 11 is 0. The molecule has 1 heteroatoms. The van der Waals surface area contributed by atoms with Crippen LogP contribution in [-0.4, -0.2) is 6.61 Å². The van der Waals surface area contributed by atoms with Crippen molar-refractivity contribution in [1.29, 1.82) is 0 Å². The summed E-state index contributed by atoms with van der Waals surface area (Å²) in [5, 5.41) is 0. The zero-order valence-corrected chi connectivity index (χ0v) is 7.71. The van der Waals surface area contributed by atoms with Gasteiger partial charge in [0.15, 0.2) is 0 Å². The molecule has 0 atom stereocenters. The summed E-state index contributed by atoms with van der Waals surface area (Å²) in [6, 6.07) is 8.17. The minimum atomic E-state index is 0.737. The van der Waals surface area contributed by atoms with E-state index in [1.807, 2.05) is 25.1 Å². The van der Waals surface area contributed by atoms with Crippen LogP contribution in [0.3, 0.4) is 0 Å². The van der Waals surface area contributed by atoms with Crippen LogP contribution in [0.25, 0.3) is 0 Å². The number of ether oxygens (including phenoxy) is 1. The van der Waals surface area contributed by atoms with Crippen molar-refractivity contribution in [1.82, 2.24) is 0 Å². The third-order valence-electron chi connectivity index (χ3n) is 1.70. The summed E-state index contributed by atoms with van der Waals surface area (Å²) in [6.07, 6.45) is 3.12. The highest BCUT2D eigenvalue weighted by molar-refractivity contribution is 5.34. The molecule has 0 unspecified atom stereocenters. The molecule has 0 amide bonds. The standard InChI is InChI=1S/C11H15O/c1-3-7-10-8-5-6-9-11(10)12-4-2/h3,5-6,8-9H,4,7H2,1-2H3. The quantitative estimate of drug-likeness (QED) is 0.663. The summed E-state index contributed by atoms with van der Waals surface area (Å²) in [4.78, 5) is 0. The second-order valence-corrected chi connectivity index (χ2v) is 2.65. The highest BCUT2D eigenvalue weighted by atomic mass is 16.5. The van der Waals surface area contributed by atoms with Crippen LogP contribution in [0.4, 0.5) is 0 Å². The molecule has 1 radical (unpaired) electrons. The van der Waals surface area contributed by atoms with Crippen molar-refractivity contribution in [3.63, 3.8) is 0 Å². The molecule has 0 bridgehead atoms. The van der Waals surface area contributed by atoms with Gasteiger partial charge in [0.05, 0.1) is 6.61 Å². The van der Waals surface area contributed by atoms with Gasteiger partial charge in [-0.15, -0.1) is 0 Å². The summed E-state index contributed by atoms with van der Waals surface area (Å²) in [5.74, 6) is 1.01. The zero-order valence-electron chi connectivity index (χ0n) is 7.71. The third-order valence-corrected chi connectivity index (χ3v) is 1.70. The van der Waals surface area contributed by atoms with Crippen molar-refractivity contribution in [3.8, 4) is 5.75 Å². The summed E-state index contributed by atoms with van der Waals surface area (Å²) in [7, 11) is 0. The predicted molar refractivity (Wildman–Crippen MR) is 51.3 cm³/mol. The van der Waals surface area contributed by atoms with E-state index in [0.717, 1.165) is 18.8 Å². The van der Waals surface area contributed by atoms with Gasteiger partial charge in [-0.1, -0.05) is 25.1 Å². The van der Waals surface area contributed by atoms with Crippen LogP contribution >= 0.6 is 0 Å². The van der Waals surface area contributed by atoms with Gasteiger partial charge in [-0.25, -0.2) is 0 Å². The third kappa shape index (κ3) is 2.26. The molecule has 1 rings (SSSR count). The lowest BCUT2D eigenvalue weighted by molar-refractivity contribution is 0.337. The molecular weight excluding hydrogens is 148 g/mol. The maximum absolute atomic E-state index is 5.47. The van der Waals surface area contributed by atoms with Gasteiger partial charge in [-0.3, -0.25) is 0 Å². The first-order chi connectivity index (χ1) is 5.88. The van der Waals surface area contributed by atoms with E-state index in [9.17, 15) is 0 Å². The maximum Gasteiger partial charge on any atom is 0.122 e. The number of hydrogen-bond donors (Lipinski definition) is 0. The van der Waals surface area contributed by atoms with Crippen molar-refractivity contribution >= 4 is 0 Å². The zero-order chi connectivity index (χ0) is 8.81. The van der Waals surface area contributed by atoms with E-state index < -0.39 is 0 Å². The van der Waals surface area contributed by atoms with E-state index in [2.05, 4.69) is 19.4 Å².